The van der Waals surface area contributed by atoms with Crippen LogP contribution in [0.4, 0.5) is 11.4 Å². The van der Waals surface area contributed by atoms with Crippen molar-refractivity contribution in [3.63, 3.8) is 0 Å². The van der Waals surface area contributed by atoms with Crippen LogP contribution in [0.15, 0.2) is 18.2 Å². The van der Waals surface area contributed by atoms with E-state index in [0.717, 1.165) is 50.4 Å². The zero-order chi connectivity index (χ0) is 17.8. The van der Waals surface area contributed by atoms with Crippen molar-refractivity contribution in [1.82, 2.24) is 10.2 Å². The highest BCUT2D eigenvalue weighted by Crippen LogP contribution is 2.30. The Labute approximate surface area is 149 Å². The molecule has 25 heavy (non-hydrogen) atoms. The Morgan fingerprint density at radius 1 is 1.28 bits per heavy atom. The van der Waals surface area contributed by atoms with Gasteiger partial charge in [0.15, 0.2) is 0 Å². The van der Waals surface area contributed by atoms with Crippen LogP contribution in [0.1, 0.15) is 36.5 Å². The van der Waals surface area contributed by atoms with Gasteiger partial charge in [0.1, 0.15) is 0 Å². The number of hydrogen-bond donors (Lipinski definition) is 2. The summed E-state index contributed by atoms with van der Waals surface area (Å²) >= 11 is 0. The SMILES string of the molecule is CCNCC1CCN(C(=O)c2ccc3c(c2)NC(=O)CCN3C)CC1. The molecule has 1 saturated heterocycles. The molecule has 2 N–H and O–H groups in total. The molecule has 0 aromatic heterocycles. The molecule has 0 aliphatic carbocycles. The van der Waals surface area contributed by atoms with Crippen molar-refractivity contribution in [1.29, 1.82) is 0 Å². The van der Waals surface area contributed by atoms with Crippen LogP contribution < -0.4 is 15.5 Å². The van der Waals surface area contributed by atoms with Gasteiger partial charge in [-0.15, -0.1) is 0 Å². The predicted molar refractivity (Wildman–Crippen MR) is 100 cm³/mol. The number of fused-ring (bicyclic) bond motifs is 1. The van der Waals surface area contributed by atoms with Gasteiger partial charge in [0, 0.05) is 38.7 Å². The zero-order valence-corrected chi connectivity index (χ0v) is 15.2. The average Bonchev–Trinajstić information content (AvgIpc) is 2.77. The number of hydrogen-bond acceptors (Lipinski definition) is 4. The van der Waals surface area contributed by atoms with E-state index in [-0.39, 0.29) is 11.8 Å². The van der Waals surface area contributed by atoms with E-state index >= 15 is 0 Å². The molecule has 0 unspecified atom stereocenters. The molecule has 1 fully saturated rings. The van der Waals surface area contributed by atoms with Crippen LogP contribution in [0.25, 0.3) is 0 Å². The smallest absolute Gasteiger partial charge is 0.253 e. The first-order valence-electron chi connectivity index (χ1n) is 9.23. The largest absolute Gasteiger partial charge is 0.372 e. The van der Waals surface area contributed by atoms with E-state index in [1.54, 1.807) is 0 Å². The highest BCUT2D eigenvalue weighted by Gasteiger charge is 2.25. The van der Waals surface area contributed by atoms with E-state index in [1.165, 1.54) is 0 Å². The van der Waals surface area contributed by atoms with Crippen LogP contribution in [0, 0.1) is 5.92 Å². The quantitative estimate of drug-likeness (QED) is 0.876. The van der Waals surface area contributed by atoms with Gasteiger partial charge >= 0.3 is 0 Å². The maximum absolute atomic E-state index is 12.8. The van der Waals surface area contributed by atoms with Crippen LogP contribution >= 0.6 is 0 Å². The van der Waals surface area contributed by atoms with Crippen molar-refractivity contribution in [2.45, 2.75) is 26.2 Å². The number of nitrogens with one attached hydrogen (secondary N) is 2. The molecule has 0 spiro atoms. The van der Waals surface area contributed by atoms with E-state index in [4.69, 9.17) is 0 Å². The number of amides is 2. The Kier molecular flexibility index (Phi) is 5.58. The van der Waals surface area contributed by atoms with Crippen molar-refractivity contribution in [2.75, 3.05) is 50.0 Å². The van der Waals surface area contributed by atoms with Crippen LogP contribution in [-0.2, 0) is 4.79 Å². The summed E-state index contributed by atoms with van der Waals surface area (Å²) in [5.74, 6) is 0.717. The second-order valence-corrected chi connectivity index (χ2v) is 6.99. The van der Waals surface area contributed by atoms with Gasteiger partial charge in [0.2, 0.25) is 5.91 Å². The maximum Gasteiger partial charge on any atom is 0.253 e. The Bertz CT molecular complexity index is 638. The van der Waals surface area contributed by atoms with Crippen molar-refractivity contribution in [3.05, 3.63) is 23.8 Å². The van der Waals surface area contributed by atoms with Crippen molar-refractivity contribution >= 4 is 23.2 Å². The molecule has 0 radical (unpaired) electrons. The summed E-state index contributed by atoms with van der Waals surface area (Å²) in [6.45, 7) is 6.44. The third-order valence-corrected chi connectivity index (χ3v) is 5.19. The Hall–Kier alpha value is -2.08. The number of rotatable bonds is 4. The van der Waals surface area contributed by atoms with Crippen molar-refractivity contribution in [2.24, 2.45) is 5.92 Å². The molecular weight excluding hydrogens is 316 g/mol. The van der Waals surface area contributed by atoms with Crippen molar-refractivity contribution in [3.8, 4) is 0 Å². The third-order valence-electron chi connectivity index (χ3n) is 5.19. The molecule has 2 heterocycles. The monoisotopic (exact) mass is 344 g/mol. The van der Waals surface area contributed by atoms with Crippen LogP contribution in [0.5, 0.6) is 0 Å². The summed E-state index contributed by atoms with van der Waals surface area (Å²) in [5, 5.41) is 6.32. The fourth-order valence-corrected chi connectivity index (χ4v) is 3.58. The lowest BCUT2D eigenvalue weighted by Gasteiger charge is -2.32. The number of carbonyl (C=O) groups is 2. The Morgan fingerprint density at radius 2 is 2.04 bits per heavy atom. The number of carbonyl (C=O) groups excluding carboxylic acids is 2. The second kappa shape index (κ2) is 7.87. The zero-order valence-electron chi connectivity index (χ0n) is 15.2. The molecule has 0 bridgehead atoms. The van der Waals surface area contributed by atoms with E-state index in [0.29, 0.717) is 24.4 Å². The lowest BCUT2D eigenvalue weighted by Crippen LogP contribution is -2.40. The molecule has 2 aliphatic rings. The Balaban J connectivity index is 1.68. The molecular formula is C19H28N4O2. The number of benzene rings is 1. The number of likely N-dealkylation sites (tertiary alicyclic amines) is 1. The third kappa shape index (κ3) is 4.12. The minimum Gasteiger partial charge on any atom is -0.372 e. The summed E-state index contributed by atoms with van der Waals surface area (Å²) < 4.78 is 0. The summed E-state index contributed by atoms with van der Waals surface area (Å²) in [7, 11) is 1.97. The number of nitrogens with zero attached hydrogens (tertiary/aromatic N) is 2. The summed E-state index contributed by atoms with van der Waals surface area (Å²) in [5.41, 5.74) is 2.35. The molecule has 1 aromatic carbocycles. The molecule has 0 saturated carbocycles. The van der Waals surface area contributed by atoms with Crippen LogP contribution in [0.3, 0.4) is 0 Å². The number of anilines is 2. The summed E-state index contributed by atoms with van der Waals surface area (Å²) in [6, 6.07) is 5.63. The summed E-state index contributed by atoms with van der Waals surface area (Å²) in [6.07, 6.45) is 2.56. The van der Waals surface area contributed by atoms with Crippen LogP contribution in [-0.4, -0.2) is 56.5 Å². The normalized spacial score (nSPS) is 18.6. The van der Waals surface area contributed by atoms with Gasteiger partial charge in [0.05, 0.1) is 11.4 Å². The molecule has 0 atom stereocenters. The first-order valence-corrected chi connectivity index (χ1v) is 9.23. The average molecular weight is 344 g/mol. The van der Waals surface area contributed by atoms with Gasteiger partial charge in [-0.1, -0.05) is 6.92 Å². The predicted octanol–water partition coefficient (Wildman–Crippen LogP) is 1.93. The van der Waals surface area contributed by atoms with E-state index in [1.807, 2.05) is 35.0 Å². The highest BCUT2D eigenvalue weighted by molar-refractivity contribution is 6.00. The van der Waals surface area contributed by atoms with Gasteiger partial charge in [-0.2, -0.15) is 0 Å². The van der Waals surface area contributed by atoms with Gasteiger partial charge in [0.25, 0.3) is 5.91 Å². The van der Waals surface area contributed by atoms with Crippen molar-refractivity contribution < 1.29 is 9.59 Å². The Morgan fingerprint density at radius 3 is 2.76 bits per heavy atom. The van der Waals surface area contributed by atoms with Gasteiger partial charge in [-0.3, -0.25) is 9.59 Å². The van der Waals surface area contributed by atoms with Gasteiger partial charge in [-0.25, -0.2) is 0 Å². The minimum absolute atomic E-state index is 0.000521. The fourth-order valence-electron chi connectivity index (χ4n) is 3.58. The topological polar surface area (TPSA) is 64.7 Å². The van der Waals surface area contributed by atoms with Crippen LogP contribution in [0.2, 0.25) is 0 Å². The van der Waals surface area contributed by atoms with E-state index in [2.05, 4.69) is 17.6 Å². The lowest BCUT2D eigenvalue weighted by atomic mass is 9.96. The maximum atomic E-state index is 12.8. The first-order chi connectivity index (χ1) is 12.1. The van der Waals surface area contributed by atoms with E-state index in [9.17, 15) is 9.59 Å². The second-order valence-electron chi connectivity index (χ2n) is 6.99. The molecule has 1 aromatic rings. The first kappa shape index (κ1) is 17.7. The van der Waals surface area contributed by atoms with E-state index < -0.39 is 0 Å². The number of piperidine rings is 1. The molecule has 3 rings (SSSR count). The molecule has 2 amide bonds. The lowest BCUT2D eigenvalue weighted by molar-refractivity contribution is -0.115. The molecule has 6 heteroatoms. The minimum atomic E-state index is -0.000521. The fraction of sp³-hybridized carbons (Fsp3) is 0.579. The molecule has 6 nitrogen and oxygen atoms in total. The molecule has 2 aliphatic heterocycles. The van der Waals surface area contributed by atoms with Gasteiger partial charge in [-0.05, 0) is 50.0 Å². The highest BCUT2D eigenvalue weighted by atomic mass is 16.2. The standard InChI is InChI=1S/C19H28N4O2/c1-3-20-13-14-6-10-23(11-7-14)19(25)15-4-5-17-16(12-15)21-18(24)8-9-22(17)2/h4-5,12,14,20H,3,6-11,13H2,1-2H3,(H,21,24). The van der Waals surface area contributed by atoms with Gasteiger partial charge < -0.3 is 20.4 Å². The summed E-state index contributed by atoms with van der Waals surface area (Å²) in [4.78, 5) is 28.7. The molecule has 136 valence electrons.